The lowest BCUT2D eigenvalue weighted by molar-refractivity contribution is 0.135. The fourth-order valence-electron chi connectivity index (χ4n) is 2.23. The first kappa shape index (κ1) is 10.3. The van der Waals surface area contributed by atoms with Gasteiger partial charge in [0, 0.05) is 5.92 Å². The Morgan fingerprint density at radius 2 is 2.33 bits per heavy atom. The maximum absolute atomic E-state index is 11.1. The van der Waals surface area contributed by atoms with Crippen LogP contribution in [0.4, 0.5) is 4.79 Å². The van der Waals surface area contributed by atoms with Crippen LogP contribution in [0.15, 0.2) is 24.3 Å². The second-order valence-corrected chi connectivity index (χ2v) is 4.19. The normalized spacial score (nSPS) is 39.8. The van der Waals surface area contributed by atoms with Gasteiger partial charge in [-0.25, -0.2) is 4.79 Å². The molecule has 3 heteroatoms. The van der Waals surface area contributed by atoms with Crippen molar-refractivity contribution in [3.05, 3.63) is 24.3 Å². The van der Waals surface area contributed by atoms with Gasteiger partial charge < -0.3 is 10.1 Å². The third-order valence-electron chi connectivity index (χ3n) is 3.06. The van der Waals surface area contributed by atoms with Crippen molar-refractivity contribution in [2.24, 2.45) is 5.92 Å². The summed E-state index contributed by atoms with van der Waals surface area (Å²) in [5.41, 5.74) is 0. The molecule has 1 aliphatic heterocycles. The second kappa shape index (κ2) is 4.51. The molecule has 1 aliphatic carbocycles. The Hall–Kier alpha value is -1.25. The zero-order valence-electron chi connectivity index (χ0n) is 8.98. The standard InChI is InChI=1S/C12H17NO2/c1-9-11(13-12(14)15-9)10-7-5-3-2-4-6-8-10/h2-3,5,7,9-11H,4,6,8H2,1H3,(H,13,14)/b3-2-,7-5-/t9-,10?,11+/m1/s1. The summed E-state index contributed by atoms with van der Waals surface area (Å²) >= 11 is 0. The predicted molar refractivity (Wildman–Crippen MR) is 58.5 cm³/mol. The van der Waals surface area contributed by atoms with Crippen molar-refractivity contribution in [2.75, 3.05) is 0 Å². The smallest absolute Gasteiger partial charge is 0.407 e. The first-order valence-corrected chi connectivity index (χ1v) is 5.58. The number of rotatable bonds is 1. The number of hydrogen-bond acceptors (Lipinski definition) is 2. The minimum atomic E-state index is -0.279. The van der Waals surface area contributed by atoms with Gasteiger partial charge in [0.25, 0.3) is 0 Å². The Morgan fingerprint density at radius 3 is 3.07 bits per heavy atom. The van der Waals surface area contributed by atoms with Crippen LogP contribution >= 0.6 is 0 Å². The lowest BCUT2D eigenvalue weighted by Gasteiger charge is -2.22. The number of carbonyl (C=O) groups is 1. The Labute approximate surface area is 90.2 Å². The molecule has 1 N–H and O–H groups in total. The Balaban J connectivity index is 2.05. The lowest BCUT2D eigenvalue weighted by atomic mass is 9.89. The highest BCUT2D eigenvalue weighted by atomic mass is 16.6. The van der Waals surface area contributed by atoms with E-state index in [0.29, 0.717) is 5.92 Å². The molecule has 0 bridgehead atoms. The van der Waals surface area contributed by atoms with Crippen LogP contribution in [0.2, 0.25) is 0 Å². The Morgan fingerprint density at radius 1 is 1.47 bits per heavy atom. The fraction of sp³-hybridized carbons (Fsp3) is 0.583. The molecule has 1 heterocycles. The van der Waals surface area contributed by atoms with Crippen molar-refractivity contribution < 1.29 is 9.53 Å². The van der Waals surface area contributed by atoms with Crippen LogP contribution in [0, 0.1) is 5.92 Å². The zero-order chi connectivity index (χ0) is 10.7. The molecule has 0 aromatic heterocycles. The summed E-state index contributed by atoms with van der Waals surface area (Å²) in [5.74, 6) is 0.399. The molecule has 3 nitrogen and oxygen atoms in total. The number of nitrogens with one attached hydrogen (secondary N) is 1. The minimum absolute atomic E-state index is 0.0180. The first-order valence-electron chi connectivity index (χ1n) is 5.58. The Bertz CT molecular complexity index is 296. The van der Waals surface area contributed by atoms with Crippen molar-refractivity contribution in [3.8, 4) is 0 Å². The van der Waals surface area contributed by atoms with Crippen LogP contribution in [0.1, 0.15) is 26.2 Å². The lowest BCUT2D eigenvalue weighted by Crippen LogP contribution is -2.37. The number of alkyl carbamates (subject to hydrolysis) is 1. The van der Waals surface area contributed by atoms with E-state index >= 15 is 0 Å². The molecule has 3 atom stereocenters. The summed E-state index contributed by atoms with van der Waals surface area (Å²) in [6.45, 7) is 1.95. The van der Waals surface area contributed by atoms with Crippen molar-refractivity contribution in [1.29, 1.82) is 0 Å². The molecule has 0 aromatic carbocycles. The van der Waals surface area contributed by atoms with Gasteiger partial charge in [0.2, 0.25) is 0 Å². The molecular formula is C12H17NO2. The maximum atomic E-state index is 11.1. The van der Waals surface area contributed by atoms with Gasteiger partial charge in [-0.15, -0.1) is 0 Å². The van der Waals surface area contributed by atoms with E-state index in [1.807, 2.05) is 6.92 Å². The highest BCUT2D eigenvalue weighted by Crippen LogP contribution is 2.23. The maximum Gasteiger partial charge on any atom is 0.407 e. The predicted octanol–water partition coefficient (Wildman–Crippen LogP) is 2.40. The van der Waals surface area contributed by atoms with E-state index in [1.165, 1.54) is 6.42 Å². The average Bonchev–Trinajstić information content (AvgIpc) is 2.45. The summed E-state index contributed by atoms with van der Waals surface area (Å²) in [5, 5.41) is 2.89. The SMILES string of the molecule is C[C@H]1OC(=O)N[C@@H]1C1/C=C\C=C/CCC1. The van der Waals surface area contributed by atoms with Crippen molar-refractivity contribution in [3.63, 3.8) is 0 Å². The summed E-state index contributed by atoms with van der Waals surface area (Å²) in [4.78, 5) is 11.1. The molecule has 2 rings (SSSR count). The molecule has 82 valence electrons. The second-order valence-electron chi connectivity index (χ2n) is 4.19. The molecule has 0 radical (unpaired) electrons. The molecule has 1 amide bonds. The van der Waals surface area contributed by atoms with Gasteiger partial charge >= 0.3 is 6.09 Å². The number of cyclic esters (lactones) is 1. The van der Waals surface area contributed by atoms with Gasteiger partial charge in [0.15, 0.2) is 0 Å². The van der Waals surface area contributed by atoms with E-state index < -0.39 is 0 Å². The number of hydrogen-bond donors (Lipinski definition) is 1. The van der Waals surface area contributed by atoms with Gasteiger partial charge in [-0.1, -0.05) is 24.3 Å². The third kappa shape index (κ3) is 2.41. The van der Waals surface area contributed by atoms with E-state index in [-0.39, 0.29) is 18.2 Å². The van der Waals surface area contributed by atoms with Crippen molar-refractivity contribution in [2.45, 2.75) is 38.3 Å². The van der Waals surface area contributed by atoms with Gasteiger partial charge in [-0.05, 0) is 26.2 Å². The largest absolute Gasteiger partial charge is 0.444 e. The molecule has 0 saturated carbocycles. The van der Waals surface area contributed by atoms with E-state index in [4.69, 9.17) is 4.74 Å². The highest BCUT2D eigenvalue weighted by molar-refractivity contribution is 5.70. The monoisotopic (exact) mass is 207 g/mol. The average molecular weight is 207 g/mol. The topological polar surface area (TPSA) is 38.3 Å². The van der Waals surface area contributed by atoms with Crippen LogP contribution in [-0.4, -0.2) is 18.2 Å². The summed E-state index contributed by atoms with van der Waals surface area (Å²) in [7, 11) is 0. The van der Waals surface area contributed by atoms with Crippen molar-refractivity contribution >= 4 is 6.09 Å². The highest BCUT2D eigenvalue weighted by Gasteiger charge is 2.34. The van der Waals surface area contributed by atoms with Gasteiger partial charge in [-0.3, -0.25) is 0 Å². The molecule has 0 aromatic rings. The molecule has 1 unspecified atom stereocenters. The zero-order valence-corrected chi connectivity index (χ0v) is 8.98. The Kier molecular flexibility index (Phi) is 3.09. The van der Waals surface area contributed by atoms with Gasteiger partial charge in [0.1, 0.15) is 6.10 Å². The van der Waals surface area contributed by atoms with Crippen LogP contribution in [0.3, 0.4) is 0 Å². The van der Waals surface area contributed by atoms with E-state index in [0.717, 1.165) is 12.8 Å². The first-order chi connectivity index (χ1) is 7.27. The van der Waals surface area contributed by atoms with E-state index in [1.54, 1.807) is 0 Å². The molecule has 2 aliphatic rings. The molecule has 0 spiro atoms. The summed E-state index contributed by atoms with van der Waals surface area (Å²) < 4.78 is 5.10. The molecular weight excluding hydrogens is 190 g/mol. The fourth-order valence-corrected chi connectivity index (χ4v) is 2.23. The number of amides is 1. The third-order valence-corrected chi connectivity index (χ3v) is 3.06. The van der Waals surface area contributed by atoms with Crippen LogP contribution < -0.4 is 5.32 Å². The molecule has 15 heavy (non-hydrogen) atoms. The number of allylic oxidation sites excluding steroid dienone is 3. The quantitative estimate of drug-likeness (QED) is 0.717. The molecule has 1 saturated heterocycles. The van der Waals surface area contributed by atoms with E-state index in [2.05, 4.69) is 29.6 Å². The summed E-state index contributed by atoms with van der Waals surface area (Å²) in [6, 6.07) is 0.139. The van der Waals surface area contributed by atoms with E-state index in [9.17, 15) is 4.79 Å². The minimum Gasteiger partial charge on any atom is -0.444 e. The number of ether oxygens (including phenoxy) is 1. The van der Waals surface area contributed by atoms with Gasteiger partial charge in [-0.2, -0.15) is 0 Å². The van der Waals surface area contributed by atoms with Crippen LogP contribution in [-0.2, 0) is 4.74 Å². The number of carbonyl (C=O) groups excluding carboxylic acids is 1. The van der Waals surface area contributed by atoms with Gasteiger partial charge in [0.05, 0.1) is 6.04 Å². The van der Waals surface area contributed by atoms with Crippen molar-refractivity contribution in [1.82, 2.24) is 5.32 Å². The van der Waals surface area contributed by atoms with Crippen LogP contribution in [0.25, 0.3) is 0 Å². The van der Waals surface area contributed by atoms with Crippen LogP contribution in [0.5, 0.6) is 0 Å². The summed E-state index contributed by atoms with van der Waals surface area (Å²) in [6.07, 6.45) is 11.6. The molecule has 1 fully saturated rings.